The predicted molar refractivity (Wildman–Crippen MR) is 78.8 cm³/mol. The van der Waals surface area contributed by atoms with Crippen molar-refractivity contribution in [3.63, 3.8) is 0 Å². The maximum atomic E-state index is 6.10. The lowest BCUT2D eigenvalue weighted by Gasteiger charge is -2.09. The van der Waals surface area contributed by atoms with E-state index in [0.29, 0.717) is 0 Å². The van der Waals surface area contributed by atoms with Crippen LogP contribution >= 0.6 is 27.5 Å². The van der Waals surface area contributed by atoms with Crippen molar-refractivity contribution in [3.05, 3.63) is 44.9 Å². The highest BCUT2D eigenvalue weighted by Crippen LogP contribution is 2.30. The molecule has 0 atom stereocenters. The predicted octanol–water partition coefficient (Wildman–Crippen LogP) is 4.46. The summed E-state index contributed by atoms with van der Waals surface area (Å²) < 4.78 is 0.945. The fourth-order valence-corrected chi connectivity index (χ4v) is 2.55. The van der Waals surface area contributed by atoms with E-state index >= 15 is 0 Å². The number of benzene rings is 2. The number of hydrogen-bond donors (Lipinski definition) is 1. The Morgan fingerprint density at radius 2 is 1.88 bits per heavy atom. The summed E-state index contributed by atoms with van der Waals surface area (Å²) in [5.74, 6) is 0. The first-order chi connectivity index (χ1) is 8.11. The van der Waals surface area contributed by atoms with Crippen LogP contribution in [0.15, 0.2) is 28.7 Å². The van der Waals surface area contributed by atoms with Gasteiger partial charge in [0, 0.05) is 4.47 Å². The Labute approximate surface area is 115 Å². The van der Waals surface area contributed by atoms with E-state index in [4.69, 9.17) is 17.3 Å². The van der Waals surface area contributed by atoms with E-state index in [9.17, 15) is 0 Å². The Kier molecular flexibility index (Phi) is 4.08. The van der Waals surface area contributed by atoms with Crippen LogP contribution in [0.1, 0.15) is 17.5 Å². The fourth-order valence-electron chi connectivity index (χ4n) is 2.02. The molecule has 0 aliphatic carbocycles. The van der Waals surface area contributed by atoms with Crippen LogP contribution in [0.3, 0.4) is 0 Å². The second-order valence-corrected chi connectivity index (χ2v) is 5.55. The average molecular weight is 313 g/mol. The van der Waals surface area contributed by atoms with Gasteiger partial charge in [-0.05, 0) is 76.3 Å². The molecule has 0 aliphatic heterocycles. The molecule has 0 spiro atoms. The molecule has 3 heteroatoms. The van der Waals surface area contributed by atoms with Crippen molar-refractivity contribution in [2.24, 2.45) is 5.73 Å². The Morgan fingerprint density at radius 1 is 1.18 bits per heavy atom. The Balaban J connectivity index is 2.51. The van der Waals surface area contributed by atoms with E-state index in [1.165, 1.54) is 21.9 Å². The molecule has 0 amide bonds. The van der Waals surface area contributed by atoms with Crippen LogP contribution in [0.4, 0.5) is 0 Å². The zero-order valence-electron chi connectivity index (χ0n) is 9.76. The summed E-state index contributed by atoms with van der Waals surface area (Å²) in [6.07, 6.45) is 2.07. The number of nitrogens with two attached hydrogens (primary N) is 1. The molecule has 0 heterocycles. The summed E-state index contributed by atoms with van der Waals surface area (Å²) in [6.45, 7) is 2.88. The second-order valence-electron chi connectivity index (χ2n) is 4.28. The van der Waals surface area contributed by atoms with Crippen LogP contribution in [0.25, 0.3) is 10.8 Å². The third kappa shape index (κ3) is 2.82. The number of rotatable bonds is 3. The van der Waals surface area contributed by atoms with Gasteiger partial charge in [0.15, 0.2) is 0 Å². The maximum absolute atomic E-state index is 6.10. The highest BCUT2D eigenvalue weighted by Gasteiger charge is 2.04. The van der Waals surface area contributed by atoms with Crippen LogP contribution in [0.2, 0.25) is 5.02 Å². The lowest BCUT2D eigenvalue weighted by atomic mass is 9.99. The molecule has 0 saturated heterocycles. The average Bonchev–Trinajstić information content (AvgIpc) is 2.29. The number of hydrogen-bond acceptors (Lipinski definition) is 1. The maximum Gasteiger partial charge on any atom is 0.0554 e. The van der Waals surface area contributed by atoms with Crippen molar-refractivity contribution < 1.29 is 0 Å². The van der Waals surface area contributed by atoms with E-state index in [1.807, 2.05) is 6.07 Å². The van der Waals surface area contributed by atoms with Crippen molar-refractivity contribution in [1.82, 2.24) is 0 Å². The Hall–Kier alpha value is -0.570. The second kappa shape index (κ2) is 5.38. The monoisotopic (exact) mass is 311 g/mol. The zero-order chi connectivity index (χ0) is 12.4. The quantitative estimate of drug-likeness (QED) is 0.890. The SMILES string of the molecule is Cc1cc2cc(Cl)c(Br)cc2cc1CCCN. The van der Waals surface area contributed by atoms with E-state index in [0.717, 1.165) is 28.9 Å². The third-order valence-corrected chi connectivity index (χ3v) is 4.18. The Bertz CT molecular complexity index is 551. The molecule has 0 aromatic heterocycles. The molecule has 1 nitrogen and oxygen atoms in total. The first kappa shape index (κ1) is 12.9. The van der Waals surface area contributed by atoms with Gasteiger partial charge in [-0.25, -0.2) is 0 Å². The molecule has 2 N–H and O–H groups in total. The molecule has 2 aromatic carbocycles. The first-order valence-electron chi connectivity index (χ1n) is 5.70. The molecule has 0 aliphatic rings. The van der Waals surface area contributed by atoms with Crippen LogP contribution in [-0.2, 0) is 6.42 Å². The topological polar surface area (TPSA) is 26.0 Å². The smallest absolute Gasteiger partial charge is 0.0554 e. The van der Waals surface area contributed by atoms with Crippen LogP contribution in [0.5, 0.6) is 0 Å². The lowest BCUT2D eigenvalue weighted by Crippen LogP contribution is -2.01. The molecule has 2 rings (SSSR count). The van der Waals surface area contributed by atoms with Gasteiger partial charge < -0.3 is 5.73 Å². The van der Waals surface area contributed by atoms with Crippen LogP contribution in [0, 0.1) is 6.92 Å². The normalized spacial score (nSPS) is 11.1. The fraction of sp³-hybridized carbons (Fsp3) is 0.286. The van der Waals surface area contributed by atoms with E-state index in [2.05, 4.69) is 41.1 Å². The van der Waals surface area contributed by atoms with Crippen molar-refractivity contribution in [2.75, 3.05) is 6.54 Å². The van der Waals surface area contributed by atoms with Gasteiger partial charge in [0.05, 0.1) is 5.02 Å². The highest BCUT2D eigenvalue weighted by atomic mass is 79.9. The van der Waals surface area contributed by atoms with Gasteiger partial charge in [-0.1, -0.05) is 23.7 Å². The molecule has 0 saturated carbocycles. The minimum atomic E-state index is 0.738. The minimum absolute atomic E-state index is 0.738. The molecule has 0 fully saturated rings. The molecule has 2 aromatic rings. The van der Waals surface area contributed by atoms with Crippen molar-refractivity contribution >= 4 is 38.3 Å². The minimum Gasteiger partial charge on any atom is -0.330 e. The molecule has 17 heavy (non-hydrogen) atoms. The van der Waals surface area contributed by atoms with Crippen molar-refractivity contribution in [3.8, 4) is 0 Å². The standard InChI is InChI=1S/C14H15BrClN/c1-9-5-11-8-14(16)13(15)7-12(11)6-10(9)3-2-4-17/h5-8H,2-4,17H2,1H3. The largest absolute Gasteiger partial charge is 0.330 e. The van der Waals surface area contributed by atoms with Gasteiger partial charge >= 0.3 is 0 Å². The van der Waals surface area contributed by atoms with Gasteiger partial charge in [0.25, 0.3) is 0 Å². The van der Waals surface area contributed by atoms with Crippen LogP contribution < -0.4 is 5.73 Å². The summed E-state index contributed by atoms with van der Waals surface area (Å²) in [7, 11) is 0. The van der Waals surface area contributed by atoms with Gasteiger partial charge in [-0.15, -0.1) is 0 Å². The number of aryl methyl sites for hydroxylation is 2. The van der Waals surface area contributed by atoms with E-state index < -0.39 is 0 Å². The highest BCUT2D eigenvalue weighted by molar-refractivity contribution is 9.10. The number of fused-ring (bicyclic) bond motifs is 1. The molecule has 0 bridgehead atoms. The van der Waals surface area contributed by atoms with Gasteiger partial charge in [0.2, 0.25) is 0 Å². The van der Waals surface area contributed by atoms with Gasteiger partial charge in [0.1, 0.15) is 0 Å². The Morgan fingerprint density at radius 3 is 2.59 bits per heavy atom. The number of halogens is 2. The van der Waals surface area contributed by atoms with E-state index in [1.54, 1.807) is 0 Å². The molecule has 0 radical (unpaired) electrons. The summed E-state index contributed by atoms with van der Waals surface area (Å²) in [5, 5.41) is 3.16. The molecular weight excluding hydrogens is 298 g/mol. The summed E-state index contributed by atoms with van der Waals surface area (Å²) in [6, 6.07) is 8.50. The summed E-state index contributed by atoms with van der Waals surface area (Å²) in [5.41, 5.74) is 8.24. The zero-order valence-corrected chi connectivity index (χ0v) is 12.1. The molecule has 90 valence electrons. The van der Waals surface area contributed by atoms with E-state index in [-0.39, 0.29) is 0 Å². The molecular formula is C14H15BrClN. The first-order valence-corrected chi connectivity index (χ1v) is 6.87. The summed E-state index contributed by atoms with van der Waals surface area (Å²) >= 11 is 9.56. The lowest BCUT2D eigenvalue weighted by molar-refractivity contribution is 0.829. The molecule has 0 unspecified atom stereocenters. The van der Waals surface area contributed by atoms with Gasteiger partial charge in [-0.2, -0.15) is 0 Å². The third-order valence-electron chi connectivity index (χ3n) is 2.98. The summed E-state index contributed by atoms with van der Waals surface area (Å²) in [4.78, 5) is 0. The van der Waals surface area contributed by atoms with Crippen molar-refractivity contribution in [1.29, 1.82) is 0 Å². The van der Waals surface area contributed by atoms with Gasteiger partial charge in [-0.3, -0.25) is 0 Å². The van der Waals surface area contributed by atoms with Crippen molar-refractivity contribution in [2.45, 2.75) is 19.8 Å². The van der Waals surface area contributed by atoms with Crippen LogP contribution in [-0.4, -0.2) is 6.54 Å².